The Bertz CT molecular complexity index is 1110. The van der Waals surface area contributed by atoms with E-state index in [4.69, 9.17) is 16.0 Å². The summed E-state index contributed by atoms with van der Waals surface area (Å²) < 4.78 is 7.54. The van der Waals surface area contributed by atoms with Crippen molar-refractivity contribution in [3.63, 3.8) is 0 Å². The van der Waals surface area contributed by atoms with E-state index in [9.17, 15) is 14.4 Å². The van der Waals surface area contributed by atoms with E-state index in [-0.39, 0.29) is 25.5 Å². The van der Waals surface area contributed by atoms with E-state index < -0.39 is 17.6 Å². The standard InChI is InChI=1S/C18H16ClN5O4/c1-11-2-7-14(28-11)8-20-16(25)10-23-17(26)21-15-9-22(18(27)24(15)23)13-5-3-12(19)4-6-13/h2-7H,8-10H2,1H3,(H,20,25). The summed E-state index contributed by atoms with van der Waals surface area (Å²) in [4.78, 5) is 42.5. The van der Waals surface area contributed by atoms with Crippen molar-refractivity contribution in [1.29, 1.82) is 0 Å². The maximum Gasteiger partial charge on any atom is 0.365 e. The Morgan fingerprint density at radius 2 is 1.96 bits per heavy atom. The number of nitrogens with one attached hydrogen (secondary N) is 1. The summed E-state index contributed by atoms with van der Waals surface area (Å²) in [6, 6.07) is 9.83. The molecular formula is C18H16ClN5O4. The Labute approximate surface area is 164 Å². The number of hydrogen-bond donors (Lipinski definition) is 1. The quantitative estimate of drug-likeness (QED) is 0.703. The Kier molecular flexibility index (Phi) is 4.52. The summed E-state index contributed by atoms with van der Waals surface area (Å²) in [5.41, 5.74) is -0.0281. The molecule has 0 fully saturated rings. The summed E-state index contributed by atoms with van der Waals surface area (Å²) in [6.45, 7) is 1.80. The van der Waals surface area contributed by atoms with Crippen molar-refractivity contribution >= 4 is 29.2 Å². The molecule has 10 heteroatoms. The van der Waals surface area contributed by atoms with Crippen LogP contribution in [0.5, 0.6) is 0 Å². The molecule has 1 N–H and O–H groups in total. The first-order valence-electron chi connectivity index (χ1n) is 8.50. The number of aryl methyl sites for hydroxylation is 1. The summed E-state index contributed by atoms with van der Waals surface area (Å²) in [6.07, 6.45) is 0. The summed E-state index contributed by atoms with van der Waals surface area (Å²) in [5.74, 6) is 1.18. The van der Waals surface area contributed by atoms with E-state index in [1.165, 1.54) is 4.90 Å². The van der Waals surface area contributed by atoms with E-state index in [0.29, 0.717) is 16.5 Å². The molecule has 9 nitrogen and oxygen atoms in total. The lowest BCUT2D eigenvalue weighted by atomic mass is 10.3. The highest BCUT2D eigenvalue weighted by Crippen LogP contribution is 2.24. The Morgan fingerprint density at radius 3 is 2.64 bits per heavy atom. The van der Waals surface area contributed by atoms with Crippen LogP contribution >= 0.6 is 11.6 Å². The third-order valence-corrected chi connectivity index (χ3v) is 4.58. The molecule has 144 valence electrons. The molecular weight excluding hydrogens is 386 g/mol. The van der Waals surface area contributed by atoms with Crippen LogP contribution in [-0.2, 0) is 24.4 Å². The molecule has 0 saturated heterocycles. The molecule has 1 aliphatic heterocycles. The average Bonchev–Trinajstić information content (AvgIpc) is 3.30. The second-order valence-corrected chi connectivity index (χ2v) is 6.75. The number of hydrogen-bond acceptors (Lipinski definition) is 5. The summed E-state index contributed by atoms with van der Waals surface area (Å²) >= 11 is 5.88. The van der Waals surface area contributed by atoms with Crippen molar-refractivity contribution in [2.45, 2.75) is 26.6 Å². The predicted octanol–water partition coefficient (Wildman–Crippen LogP) is 1.90. The number of furan rings is 1. The van der Waals surface area contributed by atoms with Crippen LogP contribution in [0.4, 0.5) is 10.5 Å². The molecule has 1 aromatic carbocycles. The zero-order valence-electron chi connectivity index (χ0n) is 14.9. The normalized spacial score (nSPS) is 13.1. The molecule has 0 radical (unpaired) electrons. The zero-order chi connectivity index (χ0) is 19.8. The van der Waals surface area contributed by atoms with Crippen LogP contribution in [0.2, 0.25) is 5.02 Å². The van der Waals surface area contributed by atoms with Gasteiger partial charge in [0.05, 0.1) is 13.1 Å². The molecule has 3 heterocycles. The van der Waals surface area contributed by atoms with Gasteiger partial charge >= 0.3 is 11.7 Å². The highest BCUT2D eigenvalue weighted by molar-refractivity contribution is 6.30. The molecule has 1 aliphatic rings. The van der Waals surface area contributed by atoms with Crippen molar-refractivity contribution in [3.05, 3.63) is 69.3 Å². The summed E-state index contributed by atoms with van der Waals surface area (Å²) in [5, 5.41) is 3.21. The number of anilines is 1. The minimum Gasteiger partial charge on any atom is -0.465 e. The first-order chi connectivity index (χ1) is 13.4. The van der Waals surface area contributed by atoms with Crippen LogP contribution in [0.1, 0.15) is 17.3 Å². The van der Waals surface area contributed by atoms with Crippen molar-refractivity contribution in [2.24, 2.45) is 0 Å². The zero-order valence-corrected chi connectivity index (χ0v) is 15.6. The van der Waals surface area contributed by atoms with Crippen LogP contribution < -0.4 is 15.9 Å². The first kappa shape index (κ1) is 18.1. The maximum atomic E-state index is 12.8. The molecule has 28 heavy (non-hydrogen) atoms. The minimum atomic E-state index is -0.650. The fourth-order valence-corrected chi connectivity index (χ4v) is 3.12. The largest absolute Gasteiger partial charge is 0.465 e. The van der Waals surface area contributed by atoms with Gasteiger partial charge in [-0.2, -0.15) is 9.67 Å². The number of carbonyl (C=O) groups is 2. The van der Waals surface area contributed by atoms with Crippen LogP contribution in [0.3, 0.4) is 0 Å². The molecule has 0 spiro atoms. The van der Waals surface area contributed by atoms with Crippen molar-refractivity contribution in [3.8, 4) is 0 Å². The molecule has 2 amide bonds. The highest BCUT2D eigenvalue weighted by atomic mass is 35.5. The SMILES string of the molecule is Cc1ccc(CNC(=O)Cn2c(=O)nc3n2C(=O)N(c2ccc(Cl)cc2)C3)o1. The fourth-order valence-electron chi connectivity index (χ4n) is 3.00. The van der Waals surface area contributed by atoms with E-state index in [1.54, 1.807) is 43.3 Å². The number of fused-ring (bicyclic) bond motifs is 1. The van der Waals surface area contributed by atoms with Gasteiger partial charge in [-0.3, -0.25) is 9.69 Å². The first-order valence-corrected chi connectivity index (χ1v) is 8.88. The van der Waals surface area contributed by atoms with Gasteiger partial charge in [0, 0.05) is 10.7 Å². The van der Waals surface area contributed by atoms with E-state index in [0.717, 1.165) is 15.1 Å². The number of rotatable bonds is 5. The van der Waals surface area contributed by atoms with Gasteiger partial charge in [0.1, 0.15) is 18.1 Å². The van der Waals surface area contributed by atoms with Crippen molar-refractivity contribution < 1.29 is 14.0 Å². The number of amides is 2. The number of benzene rings is 1. The van der Waals surface area contributed by atoms with E-state index in [2.05, 4.69) is 10.3 Å². The molecule has 0 bridgehead atoms. The van der Waals surface area contributed by atoms with Crippen molar-refractivity contribution in [1.82, 2.24) is 19.7 Å². The monoisotopic (exact) mass is 401 g/mol. The average molecular weight is 402 g/mol. The summed E-state index contributed by atoms with van der Waals surface area (Å²) in [7, 11) is 0. The molecule has 4 rings (SSSR count). The van der Waals surface area contributed by atoms with E-state index >= 15 is 0 Å². The molecule has 3 aromatic rings. The number of aromatic nitrogens is 3. The Morgan fingerprint density at radius 1 is 1.21 bits per heavy atom. The number of nitrogens with zero attached hydrogens (tertiary/aromatic N) is 4. The lowest BCUT2D eigenvalue weighted by Gasteiger charge is -2.15. The van der Waals surface area contributed by atoms with Gasteiger partial charge in [-0.1, -0.05) is 11.6 Å². The highest BCUT2D eigenvalue weighted by Gasteiger charge is 2.33. The van der Waals surface area contributed by atoms with Gasteiger partial charge < -0.3 is 9.73 Å². The molecule has 0 saturated carbocycles. The Balaban J connectivity index is 1.50. The maximum absolute atomic E-state index is 12.8. The van der Waals surface area contributed by atoms with Gasteiger partial charge in [-0.05, 0) is 43.3 Å². The third kappa shape index (κ3) is 3.31. The van der Waals surface area contributed by atoms with Gasteiger partial charge in [0.15, 0.2) is 5.82 Å². The van der Waals surface area contributed by atoms with Crippen LogP contribution in [0.15, 0.2) is 45.6 Å². The third-order valence-electron chi connectivity index (χ3n) is 4.33. The second kappa shape index (κ2) is 7.01. The fraction of sp³-hybridized carbons (Fsp3) is 0.222. The lowest BCUT2D eigenvalue weighted by Crippen LogP contribution is -2.38. The number of carbonyl (C=O) groups excluding carboxylic acids is 2. The topological polar surface area (TPSA) is 102 Å². The van der Waals surface area contributed by atoms with Crippen molar-refractivity contribution in [2.75, 3.05) is 4.90 Å². The van der Waals surface area contributed by atoms with Crippen LogP contribution in [0, 0.1) is 6.92 Å². The lowest BCUT2D eigenvalue weighted by molar-refractivity contribution is -0.122. The predicted molar refractivity (Wildman–Crippen MR) is 100 cm³/mol. The van der Waals surface area contributed by atoms with Gasteiger partial charge in [0.2, 0.25) is 5.91 Å². The Hall–Kier alpha value is -3.33. The molecule has 0 aliphatic carbocycles. The number of halogens is 1. The van der Waals surface area contributed by atoms with Gasteiger partial charge in [0.25, 0.3) is 0 Å². The van der Waals surface area contributed by atoms with Gasteiger partial charge in [-0.15, -0.1) is 0 Å². The smallest absolute Gasteiger partial charge is 0.365 e. The van der Waals surface area contributed by atoms with Gasteiger partial charge in [-0.25, -0.2) is 14.3 Å². The molecule has 0 atom stereocenters. The van der Waals surface area contributed by atoms with Crippen LogP contribution in [-0.4, -0.2) is 26.3 Å². The molecule has 0 unspecified atom stereocenters. The molecule has 2 aromatic heterocycles. The van der Waals surface area contributed by atoms with Crippen LogP contribution in [0.25, 0.3) is 0 Å². The minimum absolute atomic E-state index is 0.135. The van der Waals surface area contributed by atoms with E-state index in [1.807, 2.05) is 0 Å². The second-order valence-electron chi connectivity index (χ2n) is 6.31.